The highest BCUT2D eigenvalue weighted by Crippen LogP contribution is 2.47. The molecule has 0 radical (unpaired) electrons. The van der Waals surface area contributed by atoms with Crippen molar-refractivity contribution in [1.29, 1.82) is 0 Å². The number of hydrogen-bond acceptors (Lipinski definition) is 4. The third-order valence-corrected chi connectivity index (χ3v) is 6.98. The number of amides is 1. The van der Waals surface area contributed by atoms with Crippen LogP contribution in [0.2, 0.25) is 0 Å². The molecular weight excluding hydrogens is 427 g/mol. The van der Waals surface area contributed by atoms with Gasteiger partial charge in [-0.25, -0.2) is 14.4 Å². The lowest BCUT2D eigenvalue weighted by molar-refractivity contribution is 0.0936. The minimum absolute atomic E-state index is 0.218. The molecule has 1 aliphatic rings. The van der Waals surface area contributed by atoms with Gasteiger partial charge in [-0.05, 0) is 56.4 Å². The van der Waals surface area contributed by atoms with E-state index in [-0.39, 0.29) is 29.2 Å². The number of carbonyl (C=O) groups is 1. The standard InChI is InChI=1S/C28H33FN4O/c1-4-19(2)31-27-30-18-24(26(34)32-20(3)21-12-14-23(29)15-13-21)25(33-27)28(16-8-9-17-28)22-10-6-5-7-11-22/h5-7,10-15,18-20H,4,8-9,16-17H2,1-3H3,(H,32,34)(H,30,31,33). The minimum Gasteiger partial charge on any atom is -0.352 e. The summed E-state index contributed by atoms with van der Waals surface area (Å²) in [4.78, 5) is 23.0. The Morgan fingerprint density at radius 1 is 1.06 bits per heavy atom. The summed E-state index contributed by atoms with van der Waals surface area (Å²) in [5, 5.41) is 6.45. The van der Waals surface area contributed by atoms with Crippen LogP contribution in [0.1, 0.15) is 86.1 Å². The molecule has 1 aromatic heterocycles. The van der Waals surface area contributed by atoms with Crippen molar-refractivity contribution in [2.45, 2.75) is 70.4 Å². The minimum atomic E-state index is -0.331. The van der Waals surface area contributed by atoms with Crippen molar-refractivity contribution in [2.24, 2.45) is 0 Å². The van der Waals surface area contributed by atoms with Crippen LogP contribution in [-0.4, -0.2) is 21.9 Å². The number of nitrogens with one attached hydrogen (secondary N) is 2. The molecule has 2 atom stereocenters. The maximum Gasteiger partial charge on any atom is 0.255 e. The number of carbonyl (C=O) groups excluding carboxylic acids is 1. The number of benzene rings is 2. The maximum atomic E-state index is 13.6. The Kier molecular flexibility index (Phi) is 7.25. The lowest BCUT2D eigenvalue weighted by Crippen LogP contribution is -2.34. The predicted molar refractivity (Wildman–Crippen MR) is 133 cm³/mol. The Morgan fingerprint density at radius 2 is 1.74 bits per heavy atom. The van der Waals surface area contributed by atoms with E-state index in [1.807, 2.05) is 25.1 Å². The summed E-state index contributed by atoms with van der Waals surface area (Å²) in [5.41, 5.74) is 2.96. The highest BCUT2D eigenvalue weighted by Gasteiger charge is 2.42. The van der Waals surface area contributed by atoms with Gasteiger partial charge in [0.25, 0.3) is 5.91 Å². The first kappa shape index (κ1) is 23.9. The van der Waals surface area contributed by atoms with Crippen LogP contribution in [0.25, 0.3) is 0 Å². The van der Waals surface area contributed by atoms with Gasteiger partial charge in [-0.15, -0.1) is 0 Å². The van der Waals surface area contributed by atoms with E-state index in [1.165, 1.54) is 17.7 Å². The van der Waals surface area contributed by atoms with Gasteiger partial charge in [0.2, 0.25) is 5.95 Å². The first-order valence-corrected chi connectivity index (χ1v) is 12.2. The zero-order valence-electron chi connectivity index (χ0n) is 20.1. The fraction of sp³-hybridized carbons (Fsp3) is 0.393. The molecule has 2 unspecified atom stereocenters. The molecule has 3 aromatic rings. The van der Waals surface area contributed by atoms with Crippen molar-refractivity contribution in [3.63, 3.8) is 0 Å². The van der Waals surface area contributed by atoms with E-state index in [0.29, 0.717) is 11.5 Å². The Balaban J connectivity index is 1.74. The number of halogens is 1. The van der Waals surface area contributed by atoms with Crippen molar-refractivity contribution in [3.8, 4) is 0 Å². The third-order valence-electron chi connectivity index (χ3n) is 6.98. The molecule has 1 amide bonds. The molecule has 1 heterocycles. The second kappa shape index (κ2) is 10.3. The number of anilines is 1. The van der Waals surface area contributed by atoms with Crippen LogP contribution in [0, 0.1) is 5.82 Å². The van der Waals surface area contributed by atoms with Crippen LogP contribution in [0.3, 0.4) is 0 Å². The molecule has 1 saturated carbocycles. The summed E-state index contributed by atoms with van der Waals surface area (Å²) in [6.07, 6.45) is 6.64. The largest absolute Gasteiger partial charge is 0.352 e. The molecule has 0 saturated heterocycles. The fourth-order valence-corrected chi connectivity index (χ4v) is 4.81. The molecule has 1 fully saturated rings. The molecule has 5 nitrogen and oxygen atoms in total. The molecule has 34 heavy (non-hydrogen) atoms. The lowest BCUT2D eigenvalue weighted by Gasteiger charge is -2.31. The van der Waals surface area contributed by atoms with Gasteiger partial charge in [0.1, 0.15) is 5.82 Å². The molecule has 0 bridgehead atoms. The molecule has 1 aliphatic carbocycles. The predicted octanol–water partition coefficient (Wildman–Crippen LogP) is 6.18. The zero-order valence-corrected chi connectivity index (χ0v) is 20.1. The average Bonchev–Trinajstić information content (AvgIpc) is 3.36. The summed E-state index contributed by atoms with van der Waals surface area (Å²) >= 11 is 0. The van der Waals surface area contributed by atoms with Crippen LogP contribution in [-0.2, 0) is 5.41 Å². The number of nitrogens with zero attached hydrogens (tertiary/aromatic N) is 2. The van der Waals surface area contributed by atoms with Crippen molar-refractivity contribution >= 4 is 11.9 Å². The Labute approximate surface area is 201 Å². The monoisotopic (exact) mass is 460 g/mol. The van der Waals surface area contributed by atoms with Crippen molar-refractivity contribution in [3.05, 3.63) is 89.0 Å². The number of rotatable bonds is 8. The van der Waals surface area contributed by atoms with Crippen molar-refractivity contribution in [2.75, 3.05) is 5.32 Å². The third kappa shape index (κ3) is 4.96. The molecule has 6 heteroatoms. The van der Waals surface area contributed by atoms with Gasteiger partial charge in [-0.1, -0.05) is 62.2 Å². The molecule has 2 N–H and O–H groups in total. The van der Waals surface area contributed by atoms with Crippen LogP contribution < -0.4 is 10.6 Å². The van der Waals surface area contributed by atoms with E-state index in [4.69, 9.17) is 4.98 Å². The number of hydrogen-bond donors (Lipinski definition) is 2. The summed E-state index contributed by atoms with van der Waals surface area (Å²) in [6.45, 7) is 6.10. The highest BCUT2D eigenvalue weighted by molar-refractivity contribution is 5.96. The zero-order chi connectivity index (χ0) is 24.1. The quantitative estimate of drug-likeness (QED) is 0.421. The summed E-state index contributed by atoms with van der Waals surface area (Å²) in [5.74, 6) is 0.0344. The molecule has 0 aliphatic heterocycles. The smallest absolute Gasteiger partial charge is 0.255 e. The van der Waals surface area contributed by atoms with Gasteiger partial charge in [0, 0.05) is 17.7 Å². The van der Waals surface area contributed by atoms with Crippen LogP contribution >= 0.6 is 0 Å². The van der Waals surface area contributed by atoms with E-state index in [2.05, 4.69) is 41.6 Å². The topological polar surface area (TPSA) is 66.9 Å². The maximum absolute atomic E-state index is 13.6. The summed E-state index contributed by atoms with van der Waals surface area (Å²) < 4.78 is 13.4. The van der Waals surface area contributed by atoms with E-state index in [0.717, 1.165) is 43.4 Å². The summed E-state index contributed by atoms with van der Waals surface area (Å²) in [7, 11) is 0. The van der Waals surface area contributed by atoms with Gasteiger partial charge in [0.15, 0.2) is 0 Å². The Morgan fingerprint density at radius 3 is 2.38 bits per heavy atom. The van der Waals surface area contributed by atoms with Gasteiger partial charge in [-0.2, -0.15) is 0 Å². The van der Waals surface area contributed by atoms with Gasteiger partial charge >= 0.3 is 0 Å². The highest BCUT2D eigenvalue weighted by atomic mass is 19.1. The second-order valence-electron chi connectivity index (χ2n) is 9.31. The van der Waals surface area contributed by atoms with Crippen LogP contribution in [0.4, 0.5) is 10.3 Å². The van der Waals surface area contributed by atoms with Crippen molar-refractivity contribution < 1.29 is 9.18 Å². The second-order valence-corrected chi connectivity index (χ2v) is 9.31. The van der Waals surface area contributed by atoms with Gasteiger partial charge < -0.3 is 10.6 Å². The Hall–Kier alpha value is -3.28. The fourth-order valence-electron chi connectivity index (χ4n) is 4.81. The van der Waals surface area contributed by atoms with E-state index in [1.54, 1.807) is 18.3 Å². The molecule has 2 aromatic carbocycles. The van der Waals surface area contributed by atoms with Gasteiger partial charge in [0.05, 0.1) is 17.3 Å². The molecule has 0 spiro atoms. The Bertz CT molecular complexity index is 1110. The SMILES string of the molecule is CCC(C)Nc1ncc(C(=O)NC(C)c2ccc(F)cc2)c(C2(c3ccccc3)CCCC2)n1. The normalized spacial score (nSPS) is 16.6. The van der Waals surface area contributed by atoms with Crippen LogP contribution in [0.5, 0.6) is 0 Å². The average molecular weight is 461 g/mol. The lowest BCUT2D eigenvalue weighted by atomic mass is 9.74. The summed E-state index contributed by atoms with van der Waals surface area (Å²) in [6, 6.07) is 16.5. The van der Waals surface area contributed by atoms with E-state index < -0.39 is 0 Å². The van der Waals surface area contributed by atoms with E-state index >= 15 is 0 Å². The molecular formula is C28H33FN4O. The molecule has 178 valence electrons. The number of aromatic nitrogens is 2. The van der Waals surface area contributed by atoms with Gasteiger partial charge in [-0.3, -0.25) is 4.79 Å². The molecule has 4 rings (SSSR count). The van der Waals surface area contributed by atoms with Crippen LogP contribution in [0.15, 0.2) is 60.8 Å². The first-order chi connectivity index (χ1) is 16.4. The first-order valence-electron chi connectivity index (χ1n) is 12.2. The van der Waals surface area contributed by atoms with E-state index in [9.17, 15) is 9.18 Å². The van der Waals surface area contributed by atoms with Crippen molar-refractivity contribution in [1.82, 2.24) is 15.3 Å².